The van der Waals surface area contributed by atoms with Crippen molar-refractivity contribution in [2.24, 2.45) is 0 Å². The van der Waals surface area contributed by atoms with Gasteiger partial charge in [-0.3, -0.25) is 9.97 Å². The van der Waals surface area contributed by atoms with Crippen LogP contribution in [0.2, 0.25) is 0 Å². The summed E-state index contributed by atoms with van der Waals surface area (Å²) in [5.74, 6) is 0. The predicted molar refractivity (Wildman–Crippen MR) is 190 cm³/mol. The minimum absolute atomic E-state index is 0.703. The highest BCUT2D eigenvalue weighted by Gasteiger charge is 2.19. The second-order valence-corrected chi connectivity index (χ2v) is 11.6. The molecule has 6 heteroatoms. The van der Waals surface area contributed by atoms with Gasteiger partial charge in [-0.25, -0.2) is 9.97 Å². The van der Waals surface area contributed by atoms with Gasteiger partial charge in [-0.1, -0.05) is 103 Å². The van der Waals surface area contributed by atoms with Crippen LogP contribution in [0.15, 0.2) is 168 Å². The van der Waals surface area contributed by atoms with Crippen LogP contribution in [0.4, 0.5) is 0 Å². The predicted octanol–water partition coefficient (Wildman–Crippen LogP) is 10.8. The zero-order chi connectivity index (χ0) is 31.9. The van der Waals surface area contributed by atoms with Crippen molar-refractivity contribution in [3.05, 3.63) is 159 Å². The van der Waals surface area contributed by atoms with E-state index in [1.54, 1.807) is 12.5 Å². The van der Waals surface area contributed by atoms with E-state index in [-0.39, 0.29) is 0 Å². The second-order valence-electron chi connectivity index (χ2n) is 11.6. The molecule has 0 spiro atoms. The summed E-state index contributed by atoms with van der Waals surface area (Å²) in [5.41, 5.74) is 11.9. The quantitative estimate of drug-likeness (QED) is 0.173. The number of pyridine rings is 2. The zero-order valence-corrected chi connectivity index (χ0v) is 25.6. The SMILES string of the molecule is c1ccc(-c2ccc(-c3ccc4c(-c5ccc(-c6cocn6)nc5)c5ccccc5c(-c5ccc(-c6cocn6)nc5)c4c3)cc2)cc1. The lowest BCUT2D eigenvalue weighted by Gasteiger charge is -2.18. The second kappa shape index (κ2) is 11.6. The number of aromatic nitrogens is 4. The van der Waals surface area contributed by atoms with E-state index < -0.39 is 0 Å². The summed E-state index contributed by atoms with van der Waals surface area (Å²) >= 11 is 0. The molecule has 0 N–H and O–H groups in total. The van der Waals surface area contributed by atoms with Crippen molar-refractivity contribution in [2.75, 3.05) is 0 Å². The maximum atomic E-state index is 5.21. The van der Waals surface area contributed by atoms with E-state index in [0.29, 0.717) is 11.4 Å². The normalized spacial score (nSPS) is 11.3. The topological polar surface area (TPSA) is 77.8 Å². The number of fused-ring (bicyclic) bond motifs is 2. The Morgan fingerprint density at radius 3 is 1.31 bits per heavy atom. The maximum Gasteiger partial charge on any atom is 0.181 e. The van der Waals surface area contributed by atoms with E-state index in [0.717, 1.165) is 66.3 Å². The Labute approximate surface area is 276 Å². The fraction of sp³-hybridized carbons (Fsp3) is 0. The van der Waals surface area contributed by atoms with E-state index in [1.807, 2.05) is 30.6 Å². The fourth-order valence-corrected chi connectivity index (χ4v) is 6.53. The van der Waals surface area contributed by atoms with Gasteiger partial charge in [-0.2, -0.15) is 0 Å². The number of hydrogen-bond acceptors (Lipinski definition) is 6. The Bertz CT molecular complexity index is 2510. The molecule has 0 atom stereocenters. The molecule has 0 radical (unpaired) electrons. The summed E-state index contributed by atoms with van der Waals surface area (Å²) in [6.45, 7) is 0. The van der Waals surface area contributed by atoms with Gasteiger partial charge in [0.1, 0.15) is 23.9 Å². The molecule has 0 bridgehead atoms. The van der Waals surface area contributed by atoms with Crippen LogP contribution >= 0.6 is 0 Å². The van der Waals surface area contributed by atoms with Gasteiger partial charge in [0.25, 0.3) is 0 Å². The fourth-order valence-electron chi connectivity index (χ4n) is 6.53. The van der Waals surface area contributed by atoms with Crippen LogP contribution in [0.1, 0.15) is 0 Å². The molecule has 4 aromatic heterocycles. The Morgan fingerprint density at radius 1 is 0.333 bits per heavy atom. The lowest BCUT2D eigenvalue weighted by Crippen LogP contribution is -1.93. The van der Waals surface area contributed by atoms with Gasteiger partial charge in [0, 0.05) is 23.5 Å². The first-order chi connectivity index (χ1) is 23.8. The van der Waals surface area contributed by atoms with Gasteiger partial charge in [-0.05, 0) is 73.1 Å². The molecule has 0 aliphatic carbocycles. The Morgan fingerprint density at radius 2 is 0.792 bits per heavy atom. The standard InChI is InChI=1S/C42H26N4O2/c1-2-6-27(7-3-1)28-10-12-29(13-11-28)30-14-17-35-36(20-30)42(32-16-19-38(44-22-32)40-24-48-26-46-40)34-9-5-4-8-33(34)41(35)31-15-18-37(43-21-31)39-23-47-25-45-39/h1-26H. The van der Waals surface area contributed by atoms with E-state index in [2.05, 4.69) is 113 Å². The van der Waals surface area contributed by atoms with Crippen molar-refractivity contribution in [1.82, 2.24) is 19.9 Å². The van der Waals surface area contributed by atoms with Crippen molar-refractivity contribution in [3.8, 4) is 67.3 Å². The summed E-state index contributed by atoms with van der Waals surface area (Å²) in [7, 11) is 0. The molecular weight excluding hydrogens is 592 g/mol. The van der Waals surface area contributed by atoms with Crippen molar-refractivity contribution in [1.29, 1.82) is 0 Å². The molecule has 9 rings (SSSR count). The largest absolute Gasteiger partial charge is 0.451 e. The van der Waals surface area contributed by atoms with Crippen LogP contribution in [0.3, 0.4) is 0 Å². The number of hydrogen-bond donors (Lipinski definition) is 0. The Balaban J connectivity index is 1.26. The van der Waals surface area contributed by atoms with Gasteiger partial charge in [0.05, 0.1) is 11.4 Å². The van der Waals surface area contributed by atoms with Crippen LogP contribution in [0.5, 0.6) is 0 Å². The molecule has 9 aromatic rings. The van der Waals surface area contributed by atoms with Gasteiger partial charge in [-0.15, -0.1) is 0 Å². The molecule has 0 amide bonds. The molecule has 48 heavy (non-hydrogen) atoms. The average Bonchev–Trinajstić information content (AvgIpc) is 3.91. The van der Waals surface area contributed by atoms with Crippen molar-refractivity contribution in [3.63, 3.8) is 0 Å². The van der Waals surface area contributed by atoms with E-state index >= 15 is 0 Å². The lowest BCUT2D eigenvalue weighted by atomic mass is 9.85. The highest BCUT2D eigenvalue weighted by atomic mass is 16.3. The molecular formula is C42H26N4O2. The van der Waals surface area contributed by atoms with E-state index in [4.69, 9.17) is 18.8 Å². The summed E-state index contributed by atoms with van der Waals surface area (Å²) in [6.07, 6.45) is 9.92. The lowest BCUT2D eigenvalue weighted by molar-refractivity contribution is 0.558. The highest BCUT2D eigenvalue weighted by molar-refractivity contribution is 6.21. The number of benzene rings is 5. The number of nitrogens with zero attached hydrogens (tertiary/aromatic N) is 4. The van der Waals surface area contributed by atoms with Crippen LogP contribution in [0.25, 0.3) is 88.8 Å². The molecule has 0 aliphatic heterocycles. The molecule has 4 heterocycles. The summed E-state index contributed by atoms with van der Waals surface area (Å²) in [4.78, 5) is 18.1. The first-order valence-electron chi connectivity index (χ1n) is 15.6. The average molecular weight is 619 g/mol. The van der Waals surface area contributed by atoms with Gasteiger partial charge < -0.3 is 8.83 Å². The van der Waals surface area contributed by atoms with E-state index in [9.17, 15) is 0 Å². The van der Waals surface area contributed by atoms with Gasteiger partial charge in [0.2, 0.25) is 0 Å². The number of oxazole rings is 2. The maximum absolute atomic E-state index is 5.21. The summed E-state index contributed by atoms with van der Waals surface area (Å²) in [5, 5.41) is 4.53. The van der Waals surface area contributed by atoms with Crippen molar-refractivity contribution >= 4 is 21.5 Å². The van der Waals surface area contributed by atoms with Crippen LogP contribution < -0.4 is 0 Å². The molecule has 0 saturated heterocycles. The third-order valence-corrected chi connectivity index (χ3v) is 8.84. The first kappa shape index (κ1) is 27.6. The van der Waals surface area contributed by atoms with Crippen LogP contribution in [-0.2, 0) is 0 Å². The molecule has 6 nitrogen and oxygen atoms in total. The van der Waals surface area contributed by atoms with Gasteiger partial charge >= 0.3 is 0 Å². The third-order valence-electron chi connectivity index (χ3n) is 8.84. The molecule has 0 aliphatic rings. The molecule has 226 valence electrons. The smallest absolute Gasteiger partial charge is 0.181 e. The van der Waals surface area contributed by atoms with Crippen molar-refractivity contribution < 1.29 is 8.83 Å². The number of rotatable bonds is 6. The minimum atomic E-state index is 0.703. The molecule has 0 unspecified atom stereocenters. The Hall–Kier alpha value is -6.66. The molecule has 5 aromatic carbocycles. The summed E-state index contributed by atoms with van der Waals surface area (Å²) < 4.78 is 10.4. The minimum Gasteiger partial charge on any atom is -0.451 e. The zero-order valence-electron chi connectivity index (χ0n) is 25.6. The van der Waals surface area contributed by atoms with Crippen LogP contribution in [-0.4, -0.2) is 19.9 Å². The van der Waals surface area contributed by atoms with Crippen molar-refractivity contribution in [2.45, 2.75) is 0 Å². The van der Waals surface area contributed by atoms with Crippen LogP contribution in [0, 0.1) is 0 Å². The third kappa shape index (κ3) is 4.84. The molecule has 0 saturated carbocycles. The summed E-state index contributed by atoms with van der Waals surface area (Å²) in [6, 6.07) is 42.8. The highest BCUT2D eigenvalue weighted by Crippen LogP contribution is 2.45. The van der Waals surface area contributed by atoms with E-state index in [1.165, 1.54) is 23.9 Å². The molecule has 0 fully saturated rings. The first-order valence-corrected chi connectivity index (χ1v) is 15.6. The Kier molecular flexibility index (Phi) is 6.68. The monoisotopic (exact) mass is 618 g/mol. The van der Waals surface area contributed by atoms with Gasteiger partial charge in [0.15, 0.2) is 12.8 Å².